The lowest BCUT2D eigenvalue weighted by atomic mass is 9.68. The number of aromatic nitrogens is 3. The van der Waals surface area contributed by atoms with Crippen molar-refractivity contribution >= 4 is 17.4 Å². The van der Waals surface area contributed by atoms with Gasteiger partial charge in [-0.1, -0.05) is 34.6 Å². The molecule has 3 rings (SSSR count). The number of aromatic amines is 1. The minimum absolute atomic E-state index is 0.0217. The van der Waals surface area contributed by atoms with E-state index in [-0.39, 0.29) is 22.8 Å². The molecule has 0 saturated heterocycles. The Balaban J connectivity index is 1.74. The van der Waals surface area contributed by atoms with Gasteiger partial charge in [-0.2, -0.15) is 0 Å². The highest BCUT2D eigenvalue weighted by molar-refractivity contribution is 5.90. The van der Waals surface area contributed by atoms with E-state index < -0.39 is 0 Å². The third-order valence-corrected chi connectivity index (χ3v) is 6.21. The monoisotopic (exact) mass is 426 g/mol. The zero-order valence-electron chi connectivity index (χ0n) is 20.0. The van der Waals surface area contributed by atoms with Crippen LogP contribution in [0, 0.1) is 17.8 Å². The summed E-state index contributed by atoms with van der Waals surface area (Å²) in [6.07, 6.45) is 4.70. The molecule has 2 heterocycles. The SMILES string of the molecule is CNc1nc(C2CCC(C)(C)C(NC(=O)c3nc(C)c[nH]3)C2)ccc1NCC(C)(C)C. The number of hydrogen-bond acceptors (Lipinski definition) is 5. The van der Waals surface area contributed by atoms with E-state index in [1.165, 1.54) is 0 Å². The largest absolute Gasteiger partial charge is 0.382 e. The first-order chi connectivity index (χ1) is 14.5. The third-order valence-electron chi connectivity index (χ3n) is 6.21. The molecule has 2 atom stereocenters. The molecule has 1 fully saturated rings. The van der Waals surface area contributed by atoms with Crippen molar-refractivity contribution in [3.05, 3.63) is 35.5 Å². The summed E-state index contributed by atoms with van der Waals surface area (Å²) in [5, 5.41) is 9.98. The highest BCUT2D eigenvalue weighted by atomic mass is 16.2. The normalized spacial score (nSPS) is 20.9. The van der Waals surface area contributed by atoms with Crippen LogP contribution in [0.2, 0.25) is 0 Å². The maximum atomic E-state index is 12.7. The van der Waals surface area contributed by atoms with Crippen LogP contribution < -0.4 is 16.0 Å². The van der Waals surface area contributed by atoms with E-state index in [9.17, 15) is 4.79 Å². The topological polar surface area (TPSA) is 94.7 Å². The van der Waals surface area contributed by atoms with Gasteiger partial charge in [0.25, 0.3) is 5.91 Å². The average Bonchev–Trinajstić information content (AvgIpc) is 3.13. The van der Waals surface area contributed by atoms with Crippen LogP contribution in [-0.2, 0) is 0 Å². The van der Waals surface area contributed by atoms with Crippen LogP contribution in [0.5, 0.6) is 0 Å². The standard InChI is InChI=1S/C24H38N6O/c1-15-13-26-21(28-15)22(31)30-19-12-16(10-11-24(19,5)6)17-8-9-18(20(25-7)29-17)27-14-23(2,3)4/h8-9,13,16,19,27H,10-12,14H2,1-7H3,(H,25,29)(H,26,28)(H,30,31). The lowest BCUT2D eigenvalue weighted by Crippen LogP contribution is -2.48. The van der Waals surface area contributed by atoms with E-state index in [0.29, 0.717) is 11.7 Å². The van der Waals surface area contributed by atoms with Crippen LogP contribution in [-0.4, -0.2) is 40.5 Å². The van der Waals surface area contributed by atoms with Crippen LogP contribution >= 0.6 is 0 Å². The summed E-state index contributed by atoms with van der Waals surface area (Å²) in [5.41, 5.74) is 3.13. The molecule has 7 heteroatoms. The number of H-pyrrole nitrogens is 1. The van der Waals surface area contributed by atoms with Gasteiger partial charge in [0.1, 0.15) is 5.82 Å². The van der Waals surface area contributed by atoms with Gasteiger partial charge in [-0.15, -0.1) is 0 Å². The number of imidazole rings is 1. The molecule has 0 spiro atoms. The molecule has 0 bridgehead atoms. The molecule has 1 amide bonds. The van der Waals surface area contributed by atoms with Gasteiger partial charge in [0.2, 0.25) is 0 Å². The van der Waals surface area contributed by atoms with Crippen molar-refractivity contribution in [3.63, 3.8) is 0 Å². The van der Waals surface area contributed by atoms with Crippen molar-refractivity contribution in [2.45, 2.75) is 72.8 Å². The Morgan fingerprint density at radius 1 is 1.26 bits per heavy atom. The molecule has 1 aliphatic carbocycles. The predicted molar refractivity (Wildman–Crippen MR) is 127 cm³/mol. The van der Waals surface area contributed by atoms with Crippen molar-refractivity contribution in [3.8, 4) is 0 Å². The Morgan fingerprint density at radius 3 is 2.61 bits per heavy atom. The smallest absolute Gasteiger partial charge is 0.287 e. The van der Waals surface area contributed by atoms with Gasteiger partial charge < -0.3 is 20.9 Å². The molecule has 170 valence electrons. The Bertz CT molecular complexity index is 911. The van der Waals surface area contributed by atoms with Gasteiger partial charge in [-0.05, 0) is 49.1 Å². The molecule has 4 N–H and O–H groups in total. The maximum absolute atomic E-state index is 12.7. The minimum atomic E-state index is -0.141. The predicted octanol–water partition coefficient (Wildman–Crippen LogP) is 4.71. The molecule has 7 nitrogen and oxygen atoms in total. The Kier molecular flexibility index (Phi) is 6.62. The van der Waals surface area contributed by atoms with Crippen molar-refractivity contribution in [2.75, 3.05) is 24.2 Å². The highest BCUT2D eigenvalue weighted by Gasteiger charge is 2.38. The molecule has 1 aliphatic rings. The summed E-state index contributed by atoms with van der Waals surface area (Å²) < 4.78 is 0. The van der Waals surface area contributed by atoms with Gasteiger partial charge in [-0.25, -0.2) is 9.97 Å². The second-order valence-corrected chi connectivity index (χ2v) is 10.7. The number of anilines is 2. The molecule has 31 heavy (non-hydrogen) atoms. The Hall–Kier alpha value is -2.57. The van der Waals surface area contributed by atoms with Gasteiger partial charge in [0.15, 0.2) is 5.82 Å². The molecule has 2 aromatic rings. The fourth-order valence-electron chi connectivity index (χ4n) is 4.12. The van der Waals surface area contributed by atoms with Crippen LogP contribution in [0.1, 0.15) is 81.8 Å². The van der Waals surface area contributed by atoms with E-state index in [1.807, 2.05) is 14.0 Å². The first-order valence-electron chi connectivity index (χ1n) is 11.2. The van der Waals surface area contributed by atoms with Crippen LogP contribution in [0.25, 0.3) is 0 Å². The summed E-state index contributed by atoms with van der Waals surface area (Å²) in [4.78, 5) is 24.9. The number of pyridine rings is 1. The minimum Gasteiger partial charge on any atom is -0.382 e. The van der Waals surface area contributed by atoms with Crippen molar-refractivity contribution in [1.82, 2.24) is 20.3 Å². The lowest BCUT2D eigenvalue weighted by molar-refractivity contribution is 0.0827. The van der Waals surface area contributed by atoms with Gasteiger partial charge in [0.05, 0.1) is 11.4 Å². The molecule has 0 aromatic carbocycles. The van der Waals surface area contributed by atoms with E-state index >= 15 is 0 Å². The molecule has 2 unspecified atom stereocenters. The van der Waals surface area contributed by atoms with Crippen molar-refractivity contribution in [2.24, 2.45) is 10.8 Å². The second kappa shape index (κ2) is 8.89. The quantitative estimate of drug-likeness (QED) is 0.537. The zero-order chi connectivity index (χ0) is 22.8. The number of nitrogens with one attached hydrogen (secondary N) is 4. The average molecular weight is 427 g/mol. The maximum Gasteiger partial charge on any atom is 0.287 e. The summed E-state index contributed by atoms with van der Waals surface area (Å²) in [6.45, 7) is 13.8. The molecule has 1 saturated carbocycles. The van der Waals surface area contributed by atoms with Crippen molar-refractivity contribution < 1.29 is 4.79 Å². The number of carbonyl (C=O) groups excluding carboxylic acids is 1. The second-order valence-electron chi connectivity index (χ2n) is 10.7. The Morgan fingerprint density at radius 2 is 2.00 bits per heavy atom. The van der Waals surface area contributed by atoms with E-state index in [4.69, 9.17) is 4.98 Å². The third kappa shape index (κ3) is 5.77. The summed E-state index contributed by atoms with van der Waals surface area (Å²) >= 11 is 0. The number of amides is 1. The van der Waals surface area contributed by atoms with Crippen LogP contribution in [0.4, 0.5) is 11.5 Å². The molecule has 2 aromatic heterocycles. The number of carbonyl (C=O) groups is 1. The zero-order valence-corrected chi connectivity index (χ0v) is 20.0. The fourth-order valence-corrected chi connectivity index (χ4v) is 4.12. The molecule has 0 aliphatic heterocycles. The first-order valence-corrected chi connectivity index (χ1v) is 11.2. The van der Waals surface area contributed by atoms with E-state index in [2.05, 4.69) is 72.7 Å². The molecular formula is C24H38N6O. The number of rotatable bonds is 6. The molecular weight excluding hydrogens is 388 g/mol. The summed E-state index contributed by atoms with van der Waals surface area (Å²) in [6, 6.07) is 4.31. The lowest BCUT2D eigenvalue weighted by Gasteiger charge is -2.42. The summed E-state index contributed by atoms with van der Waals surface area (Å²) in [7, 11) is 1.91. The highest BCUT2D eigenvalue weighted by Crippen LogP contribution is 2.43. The van der Waals surface area contributed by atoms with Gasteiger partial charge in [-0.3, -0.25) is 4.79 Å². The van der Waals surface area contributed by atoms with E-state index in [1.54, 1.807) is 6.20 Å². The first kappa shape index (κ1) is 23.1. The summed E-state index contributed by atoms with van der Waals surface area (Å²) in [5.74, 6) is 1.41. The van der Waals surface area contributed by atoms with Crippen molar-refractivity contribution in [1.29, 1.82) is 0 Å². The van der Waals surface area contributed by atoms with Crippen LogP contribution in [0.15, 0.2) is 18.3 Å². The van der Waals surface area contributed by atoms with Crippen LogP contribution in [0.3, 0.4) is 0 Å². The van der Waals surface area contributed by atoms with Gasteiger partial charge in [0, 0.05) is 37.4 Å². The van der Waals surface area contributed by atoms with Gasteiger partial charge >= 0.3 is 0 Å². The number of nitrogens with zero attached hydrogens (tertiary/aromatic N) is 2. The fraction of sp³-hybridized carbons (Fsp3) is 0.625. The number of hydrogen-bond donors (Lipinski definition) is 4. The van der Waals surface area contributed by atoms with E-state index in [0.717, 1.165) is 48.7 Å². The Labute approximate surface area is 186 Å². The number of aryl methyl sites for hydroxylation is 1. The molecule has 0 radical (unpaired) electrons.